The molecule has 0 spiro atoms. The maximum Gasteiger partial charge on any atom is 0.122 e. The smallest absolute Gasteiger partial charge is 0.122 e. The number of hydrogen-bond donors (Lipinski definition) is 1. The topological polar surface area (TPSA) is 21.3 Å². The van der Waals surface area contributed by atoms with E-state index in [9.17, 15) is 0 Å². The summed E-state index contributed by atoms with van der Waals surface area (Å²) in [5.74, 6) is 1.62. The Balaban J connectivity index is 1.84. The molecule has 30 heavy (non-hydrogen) atoms. The van der Waals surface area contributed by atoms with Gasteiger partial charge in [-0.1, -0.05) is 122 Å². The van der Waals surface area contributed by atoms with Gasteiger partial charge in [0.15, 0.2) is 0 Å². The second-order valence-electron chi connectivity index (χ2n) is 9.04. The van der Waals surface area contributed by atoms with E-state index in [2.05, 4.69) is 50.4 Å². The summed E-state index contributed by atoms with van der Waals surface area (Å²) in [6, 6.07) is 8.49. The van der Waals surface area contributed by atoms with Gasteiger partial charge in [-0.2, -0.15) is 0 Å². The Morgan fingerprint density at radius 2 is 1.23 bits per heavy atom. The highest BCUT2D eigenvalue weighted by atomic mass is 16.5. The van der Waals surface area contributed by atoms with Crippen LogP contribution in [-0.2, 0) is 0 Å². The summed E-state index contributed by atoms with van der Waals surface area (Å²) < 4.78 is 6.02. The van der Waals surface area contributed by atoms with Crippen LogP contribution in [0.5, 0.6) is 5.75 Å². The van der Waals surface area contributed by atoms with Crippen LogP contribution in [0.2, 0.25) is 0 Å². The van der Waals surface area contributed by atoms with Crippen LogP contribution in [0, 0.1) is 0 Å². The van der Waals surface area contributed by atoms with Gasteiger partial charge >= 0.3 is 0 Å². The lowest BCUT2D eigenvalue weighted by Crippen LogP contribution is -2.22. The van der Waals surface area contributed by atoms with Gasteiger partial charge < -0.3 is 10.1 Å². The van der Waals surface area contributed by atoms with Crippen LogP contribution in [0.4, 0.5) is 0 Å². The van der Waals surface area contributed by atoms with Crippen molar-refractivity contribution in [2.45, 2.75) is 123 Å². The first-order chi connectivity index (χ1) is 14.8. The summed E-state index contributed by atoms with van der Waals surface area (Å²) in [6.45, 7) is 9.62. The summed E-state index contributed by atoms with van der Waals surface area (Å²) in [5.41, 5.74) is 1.34. The minimum absolute atomic E-state index is 0.560. The van der Waals surface area contributed by atoms with Gasteiger partial charge in [-0.05, 0) is 36.9 Å². The van der Waals surface area contributed by atoms with Gasteiger partial charge in [-0.25, -0.2) is 0 Å². The van der Waals surface area contributed by atoms with Gasteiger partial charge in [0.05, 0.1) is 0 Å². The summed E-state index contributed by atoms with van der Waals surface area (Å²) in [6.07, 6.45) is 21.0. The van der Waals surface area contributed by atoms with Crippen molar-refractivity contribution in [1.82, 2.24) is 5.32 Å². The van der Waals surface area contributed by atoms with Crippen molar-refractivity contribution in [3.63, 3.8) is 0 Å². The lowest BCUT2D eigenvalue weighted by atomic mass is 9.98. The fraction of sp³-hybridized carbons (Fsp3) is 0.786. The van der Waals surface area contributed by atoms with Crippen molar-refractivity contribution in [2.24, 2.45) is 0 Å². The molecule has 2 nitrogen and oxygen atoms in total. The van der Waals surface area contributed by atoms with Crippen molar-refractivity contribution in [1.29, 1.82) is 0 Å². The number of hydrogen-bond acceptors (Lipinski definition) is 2. The molecule has 1 N–H and O–H groups in total. The van der Waals surface area contributed by atoms with E-state index >= 15 is 0 Å². The second-order valence-corrected chi connectivity index (χ2v) is 9.04. The zero-order chi connectivity index (χ0) is 21.7. The lowest BCUT2D eigenvalue weighted by Gasteiger charge is -2.15. The molecule has 0 aromatic heterocycles. The van der Waals surface area contributed by atoms with Crippen molar-refractivity contribution in [3.8, 4) is 5.75 Å². The predicted molar refractivity (Wildman–Crippen MR) is 134 cm³/mol. The van der Waals surface area contributed by atoms with E-state index in [0.29, 0.717) is 5.92 Å². The fourth-order valence-electron chi connectivity index (χ4n) is 4.04. The van der Waals surface area contributed by atoms with E-state index in [1.165, 1.54) is 95.5 Å². The molecule has 0 saturated carbocycles. The average Bonchev–Trinajstić information content (AvgIpc) is 2.78. The monoisotopic (exact) mass is 417 g/mol. The number of rotatable bonds is 21. The van der Waals surface area contributed by atoms with Crippen molar-refractivity contribution >= 4 is 0 Å². The summed E-state index contributed by atoms with van der Waals surface area (Å²) in [7, 11) is 0. The zero-order valence-electron chi connectivity index (χ0n) is 20.5. The molecule has 1 rings (SSSR count). The van der Waals surface area contributed by atoms with Gasteiger partial charge in [-0.3, -0.25) is 0 Å². The summed E-state index contributed by atoms with van der Waals surface area (Å²) in [4.78, 5) is 0. The van der Waals surface area contributed by atoms with Crippen LogP contribution in [0.25, 0.3) is 0 Å². The zero-order valence-corrected chi connectivity index (χ0v) is 20.5. The first-order valence-corrected chi connectivity index (χ1v) is 13.2. The van der Waals surface area contributed by atoms with Gasteiger partial charge in [-0.15, -0.1) is 0 Å². The molecule has 1 aromatic carbocycles. The Labute approximate surface area is 188 Å². The summed E-state index contributed by atoms with van der Waals surface area (Å²) in [5, 5.41) is 3.54. The molecular formula is C28H51NO. The number of ether oxygens (including phenoxy) is 1. The molecule has 1 aromatic rings. The molecule has 0 aliphatic carbocycles. The molecule has 1 atom stereocenters. The Morgan fingerprint density at radius 3 is 1.80 bits per heavy atom. The minimum Gasteiger partial charge on any atom is -0.492 e. The molecule has 1 unspecified atom stereocenters. The molecule has 0 heterocycles. The quantitative estimate of drug-likeness (QED) is 0.202. The first kappa shape index (κ1) is 27.0. The Hall–Kier alpha value is -1.02. The predicted octanol–water partition coefficient (Wildman–Crippen LogP) is 8.65. The van der Waals surface area contributed by atoms with E-state index in [-0.39, 0.29) is 0 Å². The minimum atomic E-state index is 0.560. The fourth-order valence-corrected chi connectivity index (χ4v) is 4.04. The molecule has 2 heteroatoms. The third-order valence-corrected chi connectivity index (χ3v) is 6.31. The van der Waals surface area contributed by atoms with Crippen LogP contribution in [0.1, 0.15) is 129 Å². The maximum atomic E-state index is 6.02. The molecule has 0 fully saturated rings. The van der Waals surface area contributed by atoms with Crippen molar-refractivity contribution in [3.05, 3.63) is 29.8 Å². The highest BCUT2D eigenvalue weighted by Crippen LogP contribution is 2.28. The van der Waals surface area contributed by atoms with Crippen molar-refractivity contribution in [2.75, 3.05) is 19.7 Å². The van der Waals surface area contributed by atoms with Crippen LogP contribution in [0.3, 0.4) is 0 Å². The highest BCUT2D eigenvalue weighted by Gasteiger charge is 2.08. The molecule has 0 radical (unpaired) electrons. The van der Waals surface area contributed by atoms with Crippen molar-refractivity contribution < 1.29 is 4.74 Å². The van der Waals surface area contributed by atoms with E-state index in [4.69, 9.17) is 4.74 Å². The Kier molecular flexibility index (Phi) is 17.9. The lowest BCUT2D eigenvalue weighted by molar-refractivity contribution is 0.308. The number of nitrogens with one attached hydrogen (secondary N) is 1. The van der Waals surface area contributed by atoms with E-state index in [1.807, 2.05) is 0 Å². The third-order valence-electron chi connectivity index (χ3n) is 6.31. The Morgan fingerprint density at radius 1 is 0.700 bits per heavy atom. The molecule has 0 amide bonds. The molecule has 0 saturated heterocycles. The van der Waals surface area contributed by atoms with E-state index in [0.717, 1.165) is 31.9 Å². The molecule has 174 valence electrons. The maximum absolute atomic E-state index is 6.02. The van der Waals surface area contributed by atoms with Gasteiger partial charge in [0, 0.05) is 6.54 Å². The molecule has 0 bridgehead atoms. The third kappa shape index (κ3) is 14.1. The van der Waals surface area contributed by atoms with Gasteiger partial charge in [0.25, 0.3) is 0 Å². The van der Waals surface area contributed by atoms with E-state index < -0.39 is 0 Å². The summed E-state index contributed by atoms with van der Waals surface area (Å²) >= 11 is 0. The van der Waals surface area contributed by atoms with Gasteiger partial charge in [0.1, 0.15) is 12.4 Å². The van der Waals surface area contributed by atoms with E-state index in [1.54, 1.807) is 0 Å². The van der Waals surface area contributed by atoms with Crippen LogP contribution in [-0.4, -0.2) is 19.7 Å². The largest absolute Gasteiger partial charge is 0.492 e. The first-order valence-electron chi connectivity index (χ1n) is 13.2. The number of unbranched alkanes of at least 4 members (excludes halogenated alkanes) is 13. The Bertz CT molecular complexity index is 487. The van der Waals surface area contributed by atoms with Crippen LogP contribution in [0.15, 0.2) is 24.3 Å². The SMILES string of the molecule is CCCCCCCCCCCCCCCCNCCOc1ccccc1C(C)CC. The highest BCUT2D eigenvalue weighted by molar-refractivity contribution is 5.35. The number of benzene rings is 1. The molecule has 0 aliphatic rings. The van der Waals surface area contributed by atoms with Crippen LogP contribution < -0.4 is 10.1 Å². The molecule has 0 aliphatic heterocycles. The second kappa shape index (κ2) is 19.9. The standard InChI is InChI=1S/C28H51NO/c1-4-6-7-8-9-10-11-12-13-14-15-16-17-20-23-29-24-25-30-28-22-19-18-21-27(28)26(3)5-2/h18-19,21-22,26,29H,4-17,20,23-25H2,1-3H3. The normalized spacial score (nSPS) is 12.2. The van der Waals surface area contributed by atoms with Crippen LogP contribution >= 0.6 is 0 Å². The molecular weight excluding hydrogens is 366 g/mol. The average molecular weight is 418 g/mol. The van der Waals surface area contributed by atoms with Gasteiger partial charge in [0.2, 0.25) is 0 Å². The number of para-hydroxylation sites is 1.